The highest BCUT2D eigenvalue weighted by Gasteiger charge is 2.52. The molecule has 0 spiro atoms. The molecule has 124 valence electrons. The number of nitrogens with zero attached hydrogens (tertiary/aromatic N) is 2. The largest absolute Gasteiger partial charge is 0.478 e. The lowest BCUT2D eigenvalue weighted by Gasteiger charge is -2.29. The highest BCUT2D eigenvalue weighted by Crippen LogP contribution is 2.47. The van der Waals surface area contributed by atoms with E-state index in [1.807, 2.05) is 26.0 Å². The molecule has 2 fully saturated rings. The van der Waals surface area contributed by atoms with Crippen LogP contribution in [0.1, 0.15) is 32.3 Å². The number of carbonyl (C=O) groups is 2. The monoisotopic (exact) mass is 335 g/mol. The molecule has 6 nitrogen and oxygen atoms in total. The van der Waals surface area contributed by atoms with Crippen molar-refractivity contribution in [2.24, 2.45) is 0 Å². The molecule has 7 heteroatoms. The van der Waals surface area contributed by atoms with E-state index in [4.69, 9.17) is 4.74 Å². The topological polar surface area (TPSA) is 71.5 Å². The zero-order valence-electron chi connectivity index (χ0n) is 13.4. The van der Waals surface area contributed by atoms with Gasteiger partial charge in [0.25, 0.3) is 0 Å². The van der Waals surface area contributed by atoms with Crippen molar-refractivity contribution >= 4 is 23.6 Å². The van der Waals surface area contributed by atoms with Crippen LogP contribution < -0.4 is 10.1 Å². The van der Waals surface area contributed by atoms with E-state index in [2.05, 4.69) is 10.3 Å². The van der Waals surface area contributed by atoms with Gasteiger partial charge in [0, 0.05) is 30.5 Å². The zero-order valence-corrected chi connectivity index (χ0v) is 14.2. The summed E-state index contributed by atoms with van der Waals surface area (Å²) in [5, 5.41) is 2.92. The Bertz CT molecular complexity index is 624. The van der Waals surface area contributed by atoms with Crippen LogP contribution in [-0.4, -0.2) is 45.0 Å². The van der Waals surface area contributed by atoms with Crippen LogP contribution in [-0.2, 0) is 16.1 Å². The molecule has 0 aromatic carbocycles. The second-order valence-electron chi connectivity index (χ2n) is 5.88. The Labute approximate surface area is 140 Å². The first-order valence-electron chi connectivity index (χ1n) is 7.85. The molecule has 2 saturated heterocycles. The van der Waals surface area contributed by atoms with Gasteiger partial charge in [-0.25, -0.2) is 4.98 Å². The molecule has 2 aliphatic heterocycles. The van der Waals surface area contributed by atoms with Gasteiger partial charge in [-0.05, 0) is 26.3 Å². The number of nitrogens with one attached hydrogen (secondary N) is 1. The zero-order chi connectivity index (χ0) is 16.4. The molecule has 3 rings (SSSR count). The van der Waals surface area contributed by atoms with E-state index in [9.17, 15) is 9.59 Å². The molecular weight excluding hydrogens is 314 g/mol. The maximum absolute atomic E-state index is 12.5. The van der Waals surface area contributed by atoms with Gasteiger partial charge in [0.2, 0.25) is 17.7 Å². The Morgan fingerprint density at radius 1 is 1.61 bits per heavy atom. The maximum atomic E-state index is 12.5. The van der Waals surface area contributed by atoms with Crippen LogP contribution in [0.4, 0.5) is 0 Å². The van der Waals surface area contributed by atoms with Gasteiger partial charge in [-0.15, -0.1) is 11.8 Å². The number of thioether (sulfide) groups is 1. The minimum absolute atomic E-state index is 0.0778. The molecule has 2 amide bonds. The Kier molecular flexibility index (Phi) is 4.48. The van der Waals surface area contributed by atoms with Gasteiger partial charge >= 0.3 is 0 Å². The number of carbonyl (C=O) groups excluding carboxylic acids is 2. The van der Waals surface area contributed by atoms with Gasteiger partial charge in [-0.1, -0.05) is 6.07 Å². The van der Waals surface area contributed by atoms with Crippen molar-refractivity contribution in [2.75, 3.05) is 12.4 Å². The van der Waals surface area contributed by atoms with Gasteiger partial charge < -0.3 is 15.0 Å². The van der Waals surface area contributed by atoms with Gasteiger partial charge in [0.1, 0.15) is 6.04 Å². The fourth-order valence-corrected chi connectivity index (χ4v) is 4.57. The predicted molar refractivity (Wildman–Crippen MR) is 88.0 cm³/mol. The summed E-state index contributed by atoms with van der Waals surface area (Å²) in [6.07, 6.45) is 3.01. The van der Waals surface area contributed by atoms with Crippen LogP contribution in [0, 0.1) is 0 Å². The summed E-state index contributed by atoms with van der Waals surface area (Å²) in [7, 11) is 0. The van der Waals surface area contributed by atoms with E-state index in [1.165, 1.54) is 0 Å². The van der Waals surface area contributed by atoms with Crippen molar-refractivity contribution in [1.82, 2.24) is 15.2 Å². The molecule has 0 saturated carbocycles. The number of pyridine rings is 1. The lowest BCUT2D eigenvalue weighted by molar-refractivity contribution is -0.138. The normalized spacial score (nSPS) is 26.3. The third-order valence-corrected chi connectivity index (χ3v) is 5.84. The molecule has 0 bridgehead atoms. The number of fused-ring (bicyclic) bond motifs is 1. The minimum Gasteiger partial charge on any atom is -0.478 e. The summed E-state index contributed by atoms with van der Waals surface area (Å²) in [5.41, 5.74) is 0.837. The second-order valence-corrected chi connectivity index (χ2v) is 7.39. The number of hydrogen-bond donors (Lipinski definition) is 1. The number of amides is 2. The molecule has 2 atom stereocenters. The van der Waals surface area contributed by atoms with Crippen LogP contribution in [0.5, 0.6) is 5.88 Å². The minimum atomic E-state index is -0.382. The summed E-state index contributed by atoms with van der Waals surface area (Å²) >= 11 is 1.70. The molecule has 2 aliphatic rings. The Morgan fingerprint density at radius 2 is 2.43 bits per heavy atom. The van der Waals surface area contributed by atoms with Crippen molar-refractivity contribution in [1.29, 1.82) is 0 Å². The summed E-state index contributed by atoms with van der Waals surface area (Å²) in [5.74, 6) is 1.16. The highest BCUT2D eigenvalue weighted by molar-refractivity contribution is 8.01. The SMILES string of the molecule is CCOc1ncccc1CNC(=O)[C@H]1CS[C@]2(C)CCC(=O)N12. The molecule has 0 aliphatic carbocycles. The van der Waals surface area contributed by atoms with Gasteiger partial charge in [0.05, 0.1) is 11.5 Å². The summed E-state index contributed by atoms with van der Waals surface area (Å²) in [4.78, 5) is 30.4. The van der Waals surface area contributed by atoms with E-state index in [0.29, 0.717) is 31.2 Å². The first kappa shape index (κ1) is 16.1. The quantitative estimate of drug-likeness (QED) is 0.884. The molecular formula is C16H21N3O3S. The van der Waals surface area contributed by atoms with Gasteiger partial charge in [-0.2, -0.15) is 0 Å². The van der Waals surface area contributed by atoms with E-state index < -0.39 is 0 Å². The van der Waals surface area contributed by atoms with E-state index in [1.54, 1.807) is 22.9 Å². The third-order valence-electron chi connectivity index (χ3n) is 4.33. The summed E-state index contributed by atoms with van der Waals surface area (Å²) in [6, 6.07) is 3.32. The smallest absolute Gasteiger partial charge is 0.243 e. The number of ether oxygens (including phenoxy) is 1. The van der Waals surface area contributed by atoms with Crippen molar-refractivity contribution < 1.29 is 14.3 Å². The molecule has 1 aromatic rings. The number of aromatic nitrogens is 1. The number of hydrogen-bond acceptors (Lipinski definition) is 5. The van der Waals surface area contributed by atoms with Gasteiger partial charge in [0.15, 0.2) is 0 Å². The molecule has 1 aromatic heterocycles. The lowest BCUT2D eigenvalue weighted by atomic mass is 10.2. The van der Waals surface area contributed by atoms with Crippen molar-refractivity contribution in [3.63, 3.8) is 0 Å². The maximum Gasteiger partial charge on any atom is 0.243 e. The standard InChI is InChI=1S/C16H21N3O3S/c1-3-22-15-11(5-4-8-17-15)9-18-14(21)12-10-23-16(2)7-6-13(20)19(12)16/h4-5,8,12H,3,6-7,9-10H2,1-2H3,(H,18,21)/t12-,16-/m1/s1. The Balaban J connectivity index is 1.65. The Hall–Kier alpha value is -1.76. The van der Waals surface area contributed by atoms with Crippen LogP contribution in [0.3, 0.4) is 0 Å². The molecule has 0 unspecified atom stereocenters. The molecule has 3 heterocycles. The average molecular weight is 335 g/mol. The predicted octanol–water partition coefficient (Wildman–Crippen LogP) is 1.55. The van der Waals surface area contributed by atoms with Crippen molar-refractivity contribution in [3.05, 3.63) is 23.9 Å². The second kappa shape index (κ2) is 6.39. The molecule has 1 N–H and O–H groups in total. The van der Waals surface area contributed by atoms with Gasteiger partial charge in [-0.3, -0.25) is 9.59 Å². The third kappa shape index (κ3) is 3.02. The van der Waals surface area contributed by atoms with Crippen molar-refractivity contribution in [2.45, 2.75) is 44.1 Å². The van der Waals surface area contributed by atoms with E-state index >= 15 is 0 Å². The average Bonchev–Trinajstić information content (AvgIpc) is 3.03. The van der Waals surface area contributed by atoms with E-state index in [-0.39, 0.29) is 22.7 Å². The van der Waals surface area contributed by atoms with Crippen LogP contribution >= 0.6 is 11.8 Å². The summed E-state index contributed by atoms with van der Waals surface area (Å²) < 4.78 is 5.47. The fourth-order valence-electron chi connectivity index (χ4n) is 3.14. The highest BCUT2D eigenvalue weighted by atomic mass is 32.2. The lowest BCUT2D eigenvalue weighted by Crippen LogP contribution is -2.49. The van der Waals surface area contributed by atoms with E-state index in [0.717, 1.165) is 12.0 Å². The van der Waals surface area contributed by atoms with Crippen LogP contribution in [0.15, 0.2) is 18.3 Å². The Morgan fingerprint density at radius 3 is 3.22 bits per heavy atom. The first-order valence-corrected chi connectivity index (χ1v) is 8.84. The van der Waals surface area contributed by atoms with Crippen LogP contribution in [0.25, 0.3) is 0 Å². The fraction of sp³-hybridized carbons (Fsp3) is 0.562. The van der Waals surface area contributed by atoms with Crippen molar-refractivity contribution in [3.8, 4) is 5.88 Å². The van der Waals surface area contributed by atoms with Crippen LogP contribution in [0.2, 0.25) is 0 Å². The molecule has 23 heavy (non-hydrogen) atoms. The molecule has 0 radical (unpaired) electrons. The first-order chi connectivity index (χ1) is 11.0. The summed E-state index contributed by atoms with van der Waals surface area (Å²) in [6.45, 7) is 4.82. The number of rotatable bonds is 5.